The molecule has 0 saturated heterocycles. The Bertz CT molecular complexity index is 1010. The summed E-state index contributed by atoms with van der Waals surface area (Å²) in [6, 6.07) is 13.4. The standard InChI is InChI=1S/C22H19N3O2/c23-10-15-4-6-16(7-5-15)14-27-22-9-20(19-2-1-3-21(19)25-22)18-8-17(13-26)11-24-12-18/h4-9,11-12,26H,1-3,13-14H2. The second-order valence-corrected chi connectivity index (χ2v) is 6.62. The molecular formula is C22H19N3O2. The molecule has 27 heavy (non-hydrogen) atoms. The fourth-order valence-corrected chi connectivity index (χ4v) is 3.40. The maximum absolute atomic E-state index is 9.41. The summed E-state index contributed by atoms with van der Waals surface area (Å²) in [5.74, 6) is 0.587. The van der Waals surface area contributed by atoms with Crippen molar-refractivity contribution in [2.24, 2.45) is 0 Å². The van der Waals surface area contributed by atoms with Crippen molar-refractivity contribution in [1.29, 1.82) is 5.26 Å². The van der Waals surface area contributed by atoms with Crippen LogP contribution in [0.4, 0.5) is 0 Å². The van der Waals surface area contributed by atoms with Crippen molar-refractivity contribution in [2.45, 2.75) is 32.5 Å². The Labute approximate surface area is 157 Å². The zero-order chi connectivity index (χ0) is 18.6. The summed E-state index contributed by atoms with van der Waals surface area (Å²) in [6.45, 7) is 0.363. The summed E-state index contributed by atoms with van der Waals surface area (Å²) < 4.78 is 5.95. The zero-order valence-corrected chi connectivity index (χ0v) is 14.9. The average Bonchev–Trinajstić information content (AvgIpc) is 3.20. The van der Waals surface area contributed by atoms with Crippen LogP contribution in [0.5, 0.6) is 5.88 Å². The van der Waals surface area contributed by atoms with E-state index in [9.17, 15) is 5.11 Å². The van der Waals surface area contributed by atoms with Gasteiger partial charge in [-0.05, 0) is 59.7 Å². The van der Waals surface area contributed by atoms with E-state index in [0.29, 0.717) is 18.1 Å². The van der Waals surface area contributed by atoms with E-state index in [-0.39, 0.29) is 6.61 Å². The Morgan fingerprint density at radius 2 is 1.93 bits per heavy atom. The van der Waals surface area contributed by atoms with E-state index < -0.39 is 0 Å². The van der Waals surface area contributed by atoms with Crippen molar-refractivity contribution in [3.05, 3.63) is 76.7 Å². The van der Waals surface area contributed by atoms with Crippen LogP contribution in [0.3, 0.4) is 0 Å². The van der Waals surface area contributed by atoms with Crippen molar-refractivity contribution in [1.82, 2.24) is 9.97 Å². The third-order valence-electron chi connectivity index (χ3n) is 4.78. The number of benzene rings is 1. The van der Waals surface area contributed by atoms with Gasteiger partial charge in [0.2, 0.25) is 5.88 Å². The van der Waals surface area contributed by atoms with Crippen LogP contribution in [0.2, 0.25) is 0 Å². The SMILES string of the molecule is N#Cc1ccc(COc2cc(-c3cncc(CO)c3)c3c(n2)CCC3)cc1. The minimum Gasteiger partial charge on any atom is -0.473 e. The highest BCUT2D eigenvalue weighted by Crippen LogP contribution is 2.34. The minimum absolute atomic E-state index is 0.0316. The molecule has 2 aromatic heterocycles. The van der Waals surface area contributed by atoms with Gasteiger partial charge in [-0.1, -0.05) is 12.1 Å². The lowest BCUT2D eigenvalue weighted by molar-refractivity contribution is 0.281. The lowest BCUT2D eigenvalue weighted by Crippen LogP contribution is -2.01. The molecule has 0 saturated carbocycles. The number of aliphatic hydroxyl groups is 1. The van der Waals surface area contributed by atoms with Gasteiger partial charge >= 0.3 is 0 Å². The number of aryl methyl sites for hydroxylation is 1. The number of nitriles is 1. The van der Waals surface area contributed by atoms with Crippen LogP contribution in [0, 0.1) is 11.3 Å². The minimum atomic E-state index is -0.0316. The van der Waals surface area contributed by atoms with Crippen LogP contribution in [0.1, 0.15) is 34.4 Å². The lowest BCUT2D eigenvalue weighted by Gasteiger charge is -2.13. The van der Waals surface area contributed by atoms with E-state index in [1.807, 2.05) is 30.5 Å². The van der Waals surface area contributed by atoms with Gasteiger partial charge in [0.25, 0.3) is 0 Å². The molecule has 4 rings (SSSR count). The van der Waals surface area contributed by atoms with Gasteiger partial charge in [0.05, 0.1) is 18.2 Å². The quantitative estimate of drug-likeness (QED) is 0.755. The molecule has 1 N–H and O–H groups in total. The Balaban J connectivity index is 1.63. The van der Waals surface area contributed by atoms with Gasteiger partial charge in [0, 0.05) is 29.7 Å². The summed E-state index contributed by atoms with van der Waals surface area (Å²) in [5.41, 5.74) is 6.79. The summed E-state index contributed by atoms with van der Waals surface area (Å²) >= 11 is 0. The molecule has 0 fully saturated rings. The van der Waals surface area contributed by atoms with Gasteiger partial charge in [-0.3, -0.25) is 4.98 Å². The van der Waals surface area contributed by atoms with Crippen molar-refractivity contribution in [2.75, 3.05) is 0 Å². The first-order valence-electron chi connectivity index (χ1n) is 8.96. The van der Waals surface area contributed by atoms with Crippen LogP contribution in [-0.4, -0.2) is 15.1 Å². The number of nitrogens with zero attached hydrogens (tertiary/aromatic N) is 3. The molecule has 134 valence electrons. The zero-order valence-electron chi connectivity index (χ0n) is 14.9. The number of hydrogen-bond acceptors (Lipinski definition) is 5. The maximum Gasteiger partial charge on any atom is 0.214 e. The van der Waals surface area contributed by atoms with Crippen LogP contribution >= 0.6 is 0 Å². The molecule has 3 aromatic rings. The molecular weight excluding hydrogens is 338 g/mol. The van der Waals surface area contributed by atoms with E-state index in [0.717, 1.165) is 47.2 Å². The number of aromatic nitrogens is 2. The maximum atomic E-state index is 9.41. The van der Waals surface area contributed by atoms with Gasteiger partial charge in [-0.15, -0.1) is 0 Å². The van der Waals surface area contributed by atoms with Crippen LogP contribution < -0.4 is 4.74 Å². The van der Waals surface area contributed by atoms with Gasteiger partial charge in [-0.2, -0.15) is 5.26 Å². The van der Waals surface area contributed by atoms with Crippen molar-refractivity contribution in [3.8, 4) is 23.1 Å². The molecule has 2 heterocycles. The van der Waals surface area contributed by atoms with Crippen LogP contribution in [0.25, 0.3) is 11.1 Å². The molecule has 5 heteroatoms. The number of aliphatic hydroxyl groups excluding tert-OH is 1. The largest absolute Gasteiger partial charge is 0.473 e. The predicted molar refractivity (Wildman–Crippen MR) is 101 cm³/mol. The lowest BCUT2D eigenvalue weighted by atomic mass is 10.00. The van der Waals surface area contributed by atoms with E-state index in [1.54, 1.807) is 18.3 Å². The van der Waals surface area contributed by atoms with Crippen molar-refractivity contribution in [3.63, 3.8) is 0 Å². The van der Waals surface area contributed by atoms with Crippen LogP contribution in [-0.2, 0) is 26.1 Å². The van der Waals surface area contributed by atoms with E-state index >= 15 is 0 Å². The third-order valence-corrected chi connectivity index (χ3v) is 4.78. The van der Waals surface area contributed by atoms with E-state index in [2.05, 4.69) is 16.0 Å². The van der Waals surface area contributed by atoms with Gasteiger partial charge in [0.1, 0.15) is 6.61 Å². The second-order valence-electron chi connectivity index (χ2n) is 6.62. The summed E-state index contributed by atoms with van der Waals surface area (Å²) in [7, 11) is 0. The Kier molecular flexibility index (Phi) is 4.82. The molecule has 0 aliphatic heterocycles. The summed E-state index contributed by atoms with van der Waals surface area (Å²) in [6.07, 6.45) is 6.52. The number of ether oxygens (including phenoxy) is 1. The molecule has 0 unspecified atom stereocenters. The fraction of sp³-hybridized carbons (Fsp3) is 0.227. The normalized spacial score (nSPS) is 12.4. The van der Waals surface area contributed by atoms with E-state index in [1.165, 1.54) is 5.56 Å². The average molecular weight is 357 g/mol. The Morgan fingerprint density at radius 1 is 1.07 bits per heavy atom. The first-order chi connectivity index (χ1) is 13.3. The topological polar surface area (TPSA) is 79.0 Å². The molecule has 1 aromatic carbocycles. The van der Waals surface area contributed by atoms with Gasteiger partial charge < -0.3 is 9.84 Å². The fourth-order valence-electron chi connectivity index (χ4n) is 3.40. The highest BCUT2D eigenvalue weighted by molar-refractivity contribution is 5.69. The molecule has 5 nitrogen and oxygen atoms in total. The highest BCUT2D eigenvalue weighted by Gasteiger charge is 2.20. The molecule has 1 aliphatic rings. The highest BCUT2D eigenvalue weighted by atomic mass is 16.5. The molecule has 0 atom stereocenters. The number of hydrogen-bond donors (Lipinski definition) is 1. The van der Waals surface area contributed by atoms with Gasteiger partial charge in [0.15, 0.2) is 0 Å². The van der Waals surface area contributed by atoms with Crippen LogP contribution in [0.15, 0.2) is 48.8 Å². The van der Waals surface area contributed by atoms with Crippen molar-refractivity contribution >= 4 is 0 Å². The Hall–Kier alpha value is -3.23. The number of fused-ring (bicyclic) bond motifs is 1. The van der Waals surface area contributed by atoms with Crippen molar-refractivity contribution < 1.29 is 9.84 Å². The first kappa shape index (κ1) is 17.2. The van der Waals surface area contributed by atoms with E-state index in [4.69, 9.17) is 10.00 Å². The summed E-state index contributed by atoms with van der Waals surface area (Å²) in [5, 5.41) is 18.3. The molecule has 1 aliphatic carbocycles. The monoisotopic (exact) mass is 357 g/mol. The summed E-state index contributed by atoms with van der Waals surface area (Å²) in [4.78, 5) is 8.94. The predicted octanol–water partition coefficient (Wildman–Crippen LogP) is 3.58. The molecule has 0 bridgehead atoms. The molecule has 0 spiro atoms. The smallest absolute Gasteiger partial charge is 0.214 e. The molecule has 0 radical (unpaired) electrons. The third kappa shape index (κ3) is 3.67. The molecule has 0 amide bonds. The second kappa shape index (κ2) is 7.56. The number of pyridine rings is 2. The first-order valence-corrected chi connectivity index (χ1v) is 8.96. The Morgan fingerprint density at radius 3 is 2.70 bits per heavy atom. The number of rotatable bonds is 5. The van der Waals surface area contributed by atoms with Gasteiger partial charge in [-0.25, -0.2) is 4.98 Å².